The number of hydrogen-bond donors (Lipinski definition) is 1. The molecule has 0 bridgehead atoms. The monoisotopic (exact) mass is 228 g/mol. The van der Waals surface area contributed by atoms with Gasteiger partial charge in [0.2, 0.25) is 0 Å². The average molecular weight is 228 g/mol. The van der Waals surface area contributed by atoms with Crippen LogP contribution >= 0.6 is 0 Å². The number of esters is 1. The maximum absolute atomic E-state index is 11.3. The molecule has 1 N–H and O–H groups in total. The lowest BCUT2D eigenvalue weighted by molar-refractivity contribution is -0.186. The van der Waals surface area contributed by atoms with Crippen molar-refractivity contribution in [3.8, 4) is 0 Å². The van der Waals surface area contributed by atoms with Gasteiger partial charge in [-0.2, -0.15) is 0 Å². The molecule has 1 aliphatic heterocycles. The van der Waals surface area contributed by atoms with Crippen LogP contribution in [-0.4, -0.2) is 23.8 Å². The maximum atomic E-state index is 11.3. The molecule has 1 fully saturated rings. The van der Waals surface area contributed by atoms with Crippen molar-refractivity contribution in [2.45, 2.75) is 64.4 Å². The molecule has 3 heteroatoms. The Hall–Kier alpha value is -0.570. The van der Waals surface area contributed by atoms with Crippen LogP contribution in [0.1, 0.15) is 58.3 Å². The summed E-state index contributed by atoms with van der Waals surface area (Å²) in [5, 5.41) is 8.68. The summed E-state index contributed by atoms with van der Waals surface area (Å²) in [6.45, 7) is 2.43. The highest BCUT2D eigenvalue weighted by molar-refractivity contribution is 5.78. The van der Waals surface area contributed by atoms with Crippen LogP contribution in [0.3, 0.4) is 0 Å². The third-order valence-corrected chi connectivity index (χ3v) is 3.28. The Balaban J connectivity index is 2.10. The molecular formula is C13H24O3. The first kappa shape index (κ1) is 13.5. The van der Waals surface area contributed by atoms with E-state index in [1.54, 1.807) is 0 Å². The zero-order valence-corrected chi connectivity index (χ0v) is 10.3. The lowest BCUT2D eigenvalue weighted by Crippen LogP contribution is -2.44. The number of cyclic esters (lactones) is 1. The fraction of sp³-hybridized carbons (Fsp3) is 0.923. The summed E-state index contributed by atoms with van der Waals surface area (Å²) in [4.78, 5) is 11.3. The summed E-state index contributed by atoms with van der Waals surface area (Å²) >= 11 is 0. The summed E-state index contributed by atoms with van der Waals surface area (Å²) in [5.41, 5.74) is 0. The minimum absolute atomic E-state index is 0.00880. The summed E-state index contributed by atoms with van der Waals surface area (Å²) < 4.78 is 5.13. The topological polar surface area (TPSA) is 46.5 Å². The highest BCUT2D eigenvalue weighted by Crippen LogP contribution is 2.31. The molecule has 3 nitrogen and oxygen atoms in total. The quantitative estimate of drug-likeness (QED) is 0.487. The van der Waals surface area contributed by atoms with Crippen molar-refractivity contribution in [2.75, 3.05) is 6.61 Å². The van der Waals surface area contributed by atoms with Crippen molar-refractivity contribution in [1.82, 2.24) is 0 Å². The minimum Gasteiger partial charge on any atom is -0.461 e. The lowest BCUT2D eigenvalue weighted by Gasteiger charge is -2.35. The average Bonchev–Trinajstić information content (AvgIpc) is 2.28. The Morgan fingerprint density at radius 3 is 2.50 bits per heavy atom. The number of hydrogen-bond acceptors (Lipinski definition) is 3. The number of ether oxygens (including phenoxy) is 1. The van der Waals surface area contributed by atoms with Crippen molar-refractivity contribution >= 4 is 5.97 Å². The minimum atomic E-state index is -0.00880. The van der Waals surface area contributed by atoms with E-state index in [1.807, 2.05) is 0 Å². The highest BCUT2D eigenvalue weighted by Gasteiger charge is 2.40. The van der Waals surface area contributed by atoms with Gasteiger partial charge < -0.3 is 9.84 Å². The molecule has 1 saturated heterocycles. The largest absolute Gasteiger partial charge is 0.461 e. The Morgan fingerprint density at radius 1 is 1.12 bits per heavy atom. The van der Waals surface area contributed by atoms with Gasteiger partial charge in [-0.3, -0.25) is 4.79 Å². The fourth-order valence-corrected chi connectivity index (χ4v) is 2.21. The van der Waals surface area contributed by atoms with Gasteiger partial charge in [-0.25, -0.2) is 0 Å². The van der Waals surface area contributed by atoms with Gasteiger partial charge in [-0.1, -0.05) is 32.6 Å². The first-order valence-electron chi connectivity index (χ1n) is 6.61. The van der Waals surface area contributed by atoms with E-state index in [-0.39, 0.29) is 24.6 Å². The summed E-state index contributed by atoms with van der Waals surface area (Å²) in [6.07, 6.45) is 8.68. The first-order valence-corrected chi connectivity index (χ1v) is 6.61. The number of carbonyl (C=O) groups is 1. The number of aliphatic hydroxyl groups is 1. The second kappa shape index (κ2) is 7.66. The van der Waals surface area contributed by atoms with Gasteiger partial charge in [0.05, 0.1) is 5.92 Å². The molecule has 1 heterocycles. The van der Waals surface area contributed by atoms with Crippen molar-refractivity contribution in [1.29, 1.82) is 0 Å². The van der Waals surface area contributed by atoms with Gasteiger partial charge in [0.15, 0.2) is 0 Å². The zero-order valence-electron chi connectivity index (χ0n) is 10.3. The van der Waals surface area contributed by atoms with E-state index in [1.165, 1.54) is 19.3 Å². The van der Waals surface area contributed by atoms with Crippen LogP contribution in [-0.2, 0) is 9.53 Å². The normalized spacial score (nSPS) is 24.0. The number of aliphatic hydroxyl groups excluding tert-OH is 1. The number of unbranched alkanes of at least 4 members (excludes halogenated alkanes) is 4. The zero-order chi connectivity index (χ0) is 11.8. The second-order valence-corrected chi connectivity index (χ2v) is 4.65. The van der Waals surface area contributed by atoms with E-state index in [4.69, 9.17) is 9.84 Å². The molecule has 2 atom stereocenters. The van der Waals surface area contributed by atoms with E-state index in [2.05, 4.69) is 6.92 Å². The molecule has 0 aromatic carbocycles. The van der Waals surface area contributed by atoms with Crippen LogP contribution in [0.15, 0.2) is 0 Å². The van der Waals surface area contributed by atoms with Gasteiger partial charge in [0, 0.05) is 6.61 Å². The third-order valence-electron chi connectivity index (χ3n) is 3.28. The second-order valence-electron chi connectivity index (χ2n) is 4.65. The van der Waals surface area contributed by atoms with Crippen molar-refractivity contribution in [3.63, 3.8) is 0 Å². The van der Waals surface area contributed by atoms with Crippen LogP contribution in [0.25, 0.3) is 0 Å². The Kier molecular flexibility index (Phi) is 6.46. The fourth-order valence-electron chi connectivity index (χ4n) is 2.21. The van der Waals surface area contributed by atoms with Gasteiger partial charge in [-0.15, -0.1) is 0 Å². The molecule has 0 aliphatic carbocycles. The van der Waals surface area contributed by atoms with E-state index >= 15 is 0 Å². The third kappa shape index (κ3) is 4.12. The van der Waals surface area contributed by atoms with E-state index in [9.17, 15) is 4.79 Å². The molecule has 0 aromatic rings. The SMILES string of the molecule is CCCCCC[C@@H]1C(=O)O[C@H]1CCCCO. The van der Waals surface area contributed by atoms with Crippen LogP contribution in [0.2, 0.25) is 0 Å². The van der Waals surface area contributed by atoms with Gasteiger partial charge in [0.25, 0.3) is 0 Å². The molecule has 16 heavy (non-hydrogen) atoms. The van der Waals surface area contributed by atoms with Crippen molar-refractivity contribution in [3.05, 3.63) is 0 Å². The predicted molar refractivity (Wildman–Crippen MR) is 63.1 cm³/mol. The van der Waals surface area contributed by atoms with Gasteiger partial charge in [0.1, 0.15) is 6.10 Å². The molecule has 0 unspecified atom stereocenters. The van der Waals surface area contributed by atoms with E-state index in [0.717, 1.165) is 32.1 Å². The molecule has 0 saturated carbocycles. The standard InChI is InChI=1S/C13H24O3/c1-2-3-4-5-8-11-12(16-13(11)15)9-6-7-10-14/h11-12,14H,2-10H2,1H3/t11-,12-/m0/s1. The smallest absolute Gasteiger partial charge is 0.313 e. The number of carbonyl (C=O) groups excluding carboxylic acids is 1. The molecule has 0 spiro atoms. The Morgan fingerprint density at radius 2 is 1.88 bits per heavy atom. The molecule has 0 aromatic heterocycles. The molecule has 0 radical (unpaired) electrons. The highest BCUT2D eigenvalue weighted by atomic mass is 16.6. The predicted octanol–water partition coefficient (Wildman–Crippen LogP) is 2.66. The Labute approximate surface area is 98.2 Å². The summed E-state index contributed by atoms with van der Waals surface area (Å²) in [7, 11) is 0. The van der Waals surface area contributed by atoms with Crippen LogP contribution < -0.4 is 0 Å². The van der Waals surface area contributed by atoms with Crippen LogP contribution in [0, 0.1) is 5.92 Å². The number of rotatable bonds is 9. The molecule has 0 amide bonds. The molecule has 1 aliphatic rings. The maximum Gasteiger partial charge on any atom is 0.313 e. The summed E-state index contributed by atoms with van der Waals surface area (Å²) in [6, 6.07) is 0. The molecule has 94 valence electrons. The van der Waals surface area contributed by atoms with Gasteiger partial charge in [-0.05, 0) is 25.7 Å². The van der Waals surface area contributed by atoms with Gasteiger partial charge >= 0.3 is 5.97 Å². The lowest BCUT2D eigenvalue weighted by atomic mass is 9.88. The molecule has 1 rings (SSSR count). The van der Waals surface area contributed by atoms with Crippen LogP contribution in [0.5, 0.6) is 0 Å². The van der Waals surface area contributed by atoms with Crippen LogP contribution in [0.4, 0.5) is 0 Å². The summed E-state index contributed by atoms with van der Waals surface area (Å²) in [5.74, 6) is 0.140. The van der Waals surface area contributed by atoms with Crippen molar-refractivity contribution in [2.24, 2.45) is 5.92 Å². The van der Waals surface area contributed by atoms with E-state index in [0.29, 0.717) is 0 Å². The first-order chi connectivity index (χ1) is 7.79. The van der Waals surface area contributed by atoms with E-state index < -0.39 is 0 Å². The molecular weight excluding hydrogens is 204 g/mol. The Bertz CT molecular complexity index is 203. The van der Waals surface area contributed by atoms with Crippen molar-refractivity contribution < 1.29 is 14.6 Å².